The van der Waals surface area contributed by atoms with Crippen LogP contribution in [0.2, 0.25) is 0 Å². The fourth-order valence-electron chi connectivity index (χ4n) is 2.82. The molecule has 0 fully saturated rings. The van der Waals surface area contributed by atoms with Gasteiger partial charge in [-0.05, 0) is 42.0 Å². The zero-order valence-electron chi connectivity index (χ0n) is 13.7. The molecule has 0 radical (unpaired) electrons. The number of para-hydroxylation sites is 1. The third-order valence-corrected chi connectivity index (χ3v) is 4.97. The standard InChI is InChI=1S/C21H15FN2OS/c22-16-8-6-7-15(13-16)18-14-26-20(19(18)24-11-4-5-12-24)21(25)23-17-9-2-1-3-10-17/h1-14H,(H,23,25). The molecule has 5 heteroatoms. The maximum Gasteiger partial charge on any atom is 0.267 e. The Hall–Kier alpha value is -3.18. The lowest BCUT2D eigenvalue weighted by molar-refractivity contribution is 0.103. The molecule has 0 saturated carbocycles. The minimum absolute atomic E-state index is 0.187. The quantitative estimate of drug-likeness (QED) is 0.504. The van der Waals surface area contributed by atoms with Gasteiger partial charge in [0.05, 0.1) is 5.69 Å². The Labute approximate surface area is 154 Å². The molecule has 0 unspecified atom stereocenters. The van der Waals surface area contributed by atoms with Gasteiger partial charge in [-0.25, -0.2) is 4.39 Å². The van der Waals surface area contributed by atoms with Gasteiger partial charge in [0, 0.05) is 29.0 Å². The van der Waals surface area contributed by atoms with Crippen LogP contribution in [0, 0.1) is 5.82 Å². The molecule has 2 aromatic heterocycles. The van der Waals surface area contributed by atoms with E-state index in [0.29, 0.717) is 4.88 Å². The molecule has 0 atom stereocenters. The molecule has 4 rings (SSSR count). The van der Waals surface area contributed by atoms with Crippen molar-refractivity contribution in [2.45, 2.75) is 0 Å². The number of hydrogen-bond donors (Lipinski definition) is 1. The van der Waals surface area contributed by atoms with Crippen molar-refractivity contribution in [1.82, 2.24) is 4.57 Å². The molecule has 0 aliphatic rings. The summed E-state index contributed by atoms with van der Waals surface area (Å²) in [5.74, 6) is -0.491. The van der Waals surface area contributed by atoms with Crippen LogP contribution in [0.1, 0.15) is 9.67 Å². The highest BCUT2D eigenvalue weighted by molar-refractivity contribution is 7.13. The van der Waals surface area contributed by atoms with Crippen LogP contribution in [0.4, 0.5) is 10.1 Å². The van der Waals surface area contributed by atoms with Gasteiger partial charge in [0.25, 0.3) is 5.91 Å². The first-order valence-corrected chi connectivity index (χ1v) is 8.97. The van der Waals surface area contributed by atoms with Gasteiger partial charge >= 0.3 is 0 Å². The van der Waals surface area contributed by atoms with E-state index in [0.717, 1.165) is 22.5 Å². The predicted octanol–water partition coefficient (Wildman–Crippen LogP) is 5.60. The number of carbonyl (C=O) groups is 1. The Morgan fingerprint density at radius 3 is 2.46 bits per heavy atom. The highest BCUT2D eigenvalue weighted by Gasteiger charge is 2.20. The average molecular weight is 362 g/mol. The zero-order chi connectivity index (χ0) is 17.9. The number of anilines is 1. The van der Waals surface area contributed by atoms with E-state index in [1.807, 2.05) is 70.9 Å². The number of benzene rings is 2. The predicted molar refractivity (Wildman–Crippen MR) is 103 cm³/mol. The summed E-state index contributed by atoms with van der Waals surface area (Å²) in [6, 6.07) is 19.5. The summed E-state index contributed by atoms with van der Waals surface area (Å²) in [4.78, 5) is 13.4. The molecule has 2 heterocycles. The summed E-state index contributed by atoms with van der Waals surface area (Å²) in [7, 11) is 0. The van der Waals surface area contributed by atoms with Crippen molar-refractivity contribution in [3.05, 3.63) is 95.2 Å². The molecule has 0 saturated heterocycles. The maximum absolute atomic E-state index is 13.7. The Morgan fingerprint density at radius 1 is 0.962 bits per heavy atom. The summed E-state index contributed by atoms with van der Waals surface area (Å²) < 4.78 is 15.6. The van der Waals surface area contributed by atoms with Crippen molar-refractivity contribution < 1.29 is 9.18 Å². The van der Waals surface area contributed by atoms with Crippen molar-refractivity contribution in [1.29, 1.82) is 0 Å². The van der Waals surface area contributed by atoms with E-state index in [1.54, 1.807) is 6.07 Å². The van der Waals surface area contributed by atoms with Gasteiger partial charge in [-0.3, -0.25) is 4.79 Å². The Bertz CT molecular complexity index is 1040. The van der Waals surface area contributed by atoms with Gasteiger partial charge in [-0.2, -0.15) is 0 Å². The first-order chi connectivity index (χ1) is 12.7. The fourth-order valence-corrected chi connectivity index (χ4v) is 3.79. The Morgan fingerprint density at radius 2 is 1.73 bits per heavy atom. The first-order valence-electron chi connectivity index (χ1n) is 8.09. The largest absolute Gasteiger partial charge is 0.322 e. The van der Waals surface area contributed by atoms with Gasteiger partial charge in [-0.1, -0.05) is 30.3 Å². The maximum atomic E-state index is 13.7. The molecule has 4 aromatic rings. The van der Waals surface area contributed by atoms with Crippen molar-refractivity contribution in [2.75, 3.05) is 5.32 Å². The summed E-state index contributed by atoms with van der Waals surface area (Å²) in [6.45, 7) is 0. The first kappa shape index (κ1) is 16.3. The van der Waals surface area contributed by atoms with Gasteiger partial charge < -0.3 is 9.88 Å². The van der Waals surface area contributed by atoms with Crippen LogP contribution in [0.25, 0.3) is 16.8 Å². The van der Waals surface area contributed by atoms with E-state index in [1.165, 1.54) is 23.5 Å². The average Bonchev–Trinajstić information content (AvgIpc) is 3.32. The normalized spacial score (nSPS) is 10.7. The van der Waals surface area contributed by atoms with Gasteiger partial charge in [-0.15, -0.1) is 11.3 Å². The Balaban J connectivity index is 1.79. The molecule has 0 spiro atoms. The van der Waals surface area contributed by atoms with Crippen LogP contribution >= 0.6 is 11.3 Å². The molecule has 0 aliphatic carbocycles. The van der Waals surface area contributed by atoms with Crippen LogP contribution in [-0.4, -0.2) is 10.5 Å². The van der Waals surface area contributed by atoms with Crippen molar-refractivity contribution in [3.63, 3.8) is 0 Å². The third-order valence-electron chi connectivity index (χ3n) is 4.00. The van der Waals surface area contributed by atoms with Gasteiger partial charge in [0.2, 0.25) is 0 Å². The van der Waals surface area contributed by atoms with Gasteiger partial charge in [0.15, 0.2) is 0 Å². The summed E-state index contributed by atoms with van der Waals surface area (Å²) >= 11 is 1.35. The van der Waals surface area contributed by atoms with Crippen molar-refractivity contribution >= 4 is 22.9 Å². The SMILES string of the molecule is O=C(Nc1ccccc1)c1scc(-c2cccc(F)c2)c1-n1cccc1. The number of amides is 1. The smallest absolute Gasteiger partial charge is 0.267 e. The number of hydrogen-bond acceptors (Lipinski definition) is 2. The lowest BCUT2D eigenvalue weighted by Crippen LogP contribution is -2.12. The number of halogens is 1. The fraction of sp³-hybridized carbons (Fsp3) is 0. The molecule has 26 heavy (non-hydrogen) atoms. The second kappa shape index (κ2) is 6.98. The summed E-state index contributed by atoms with van der Waals surface area (Å²) in [6.07, 6.45) is 3.76. The van der Waals surface area contributed by atoms with Gasteiger partial charge in [0.1, 0.15) is 10.7 Å². The molecule has 0 bridgehead atoms. The number of carbonyl (C=O) groups excluding carboxylic acids is 1. The lowest BCUT2D eigenvalue weighted by Gasteiger charge is -2.10. The highest BCUT2D eigenvalue weighted by atomic mass is 32.1. The number of nitrogens with one attached hydrogen (secondary N) is 1. The van der Waals surface area contributed by atoms with Crippen molar-refractivity contribution in [2.24, 2.45) is 0 Å². The van der Waals surface area contributed by atoms with E-state index in [4.69, 9.17) is 0 Å². The van der Waals surface area contributed by atoms with Crippen LogP contribution in [0.3, 0.4) is 0 Å². The molecule has 128 valence electrons. The summed E-state index contributed by atoms with van der Waals surface area (Å²) in [5.41, 5.74) is 3.04. The van der Waals surface area contributed by atoms with E-state index >= 15 is 0 Å². The van der Waals surface area contributed by atoms with E-state index < -0.39 is 0 Å². The Kier molecular flexibility index (Phi) is 4.37. The van der Waals surface area contributed by atoms with Crippen LogP contribution in [0.5, 0.6) is 0 Å². The molecule has 0 aliphatic heterocycles. The second-order valence-corrected chi connectivity index (χ2v) is 6.63. The topological polar surface area (TPSA) is 34.0 Å². The highest BCUT2D eigenvalue weighted by Crippen LogP contribution is 2.35. The molecule has 1 amide bonds. The third kappa shape index (κ3) is 3.17. The molecular formula is C21H15FN2OS. The van der Waals surface area contributed by atoms with E-state index in [-0.39, 0.29) is 11.7 Å². The molecular weight excluding hydrogens is 347 g/mol. The number of thiophene rings is 1. The van der Waals surface area contributed by atoms with Crippen LogP contribution < -0.4 is 5.32 Å². The van der Waals surface area contributed by atoms with E-state index in [9.17, 15) is 9.18 Å². The monoisotopic (exact) mass is 362 g/mol. The van der Waals surface area contributed by atoms with E-state index in [2.05, 4.69) is 5.32 Å². The summed E-state index contributed by atoms with van der Waals surface area (Å²) in [5, 5.41) is 4.81. The van der Waals surface area contributed by atoms with Crippen molar-refractivity contribution in [3.8, 4) is 16.8 Å². The zero-order valence-corrected chi connectivity index (χ0v) is 14.5. The molecule has 3 nitrogen and oxygen atoms in total. The number of nitrogens with zero attached hydrogens (tertiary/aromatic N) is 1. The van der Waals surface area contributed by atoms with Crippen LogP contribution in [0.15, 0.2) is 84.5 Å². The second-order valence-electron chi connectivity index (χ2n) is 5.75. The minimum atomic E-state index is -0.303. The lowest BCUT2D eigenvalue weighted by atomic mass is 10.1. The molecule has 1 N–H and O–H groups in total. The number of rotatable bonds is 4. The molecule has 2 aromatic carbocycles. The minimum Gasteiger partial charge on any atom is -0.322 e. The number of aromatic nitrogens is 1. The van der Waals surface area contributed by atoms with Crippen LogP contribution in [-0.2, 0) is 0 Å².